The zero-order valence-electron chi connectivity index (χ0n) is 11.2. The highest BCUT2D eigenvalue weighted by Gasteiger charge is 2.35. The lowest BCUT2D eigenvalue weighted by molar-refractivity contribution is 0.00336. The van der Waals surface area contributed by atoms with Crippen LogP contribution in [0.5, 0.6) is 0 Å². The van der Waals surface area contributed by atoms with Crippen LogP contribution in [-0.4, -0.2) is 34.7 Å². The fraction of sp³-hybridized carbons (Fsp3) is 0.600. The van der Waals surface area contributed by atoms with Gasteiger partial charge in [0.1, 0.15) is 5.82 Å². The lowest BCUT2D eigenvalue weighted by Crippen LogP contribution is -2.51. The minimum Gasteiger partial charge on any atom is -0.391 e. The van der Waals surface area contributed by atoms with Gasteiger partial charge in [0.25, 0.3) is 0 Å². The molecule has 1 saturated heterocycles. The summed E-state index contributed by atoms with van der Waals surface area (Å²) in [6.45, 7) is 6.31. The molecule has 100 valence electrons. The second kappa shape index (κ2) is 5.37. The SMILES string of the molecule is CC(C)(C(O)Cc1ccc(F)cc1)N1CCCC1. The highest BCUT2D eigenvalue weighted by atomic mass is 19.1. The molecule has 3 heteroatoms. The summed E-state index contributed by atoms with van der Waals surface area (Å²) in [6.07, 6.45) is 2.57. The summed E-state index contributed by atoms with van der Waals surface area (Å²) < 4.78 is 12.8. The first kappa shape index (κ1) is 13.5. The molecule has 0 radical (unpaired) electrons. The van der Waals surface area contributed by atoms with Crippen molar-refractivity contribution in [2.24, 2.45) is 0 Å². The minimum atomic E-state index is -0.430. The molecule has 1 atom stereocenters. The van der Waals surface area contributed by atoms with Gasteiger partial charge in [0.15, 0.2) is 0 Å². The molecule has 0 spiro atoms. The molecule has 0 bridgehead atoms. The number of nitrogens with zero attached hydrogens (tertiary/aromatic N) is 1. The first-order valence-electron chi connectivity index (χ1n) is 6.68. The molecule has 1 fully saturated rings. The molecule has 0 aliphatic carbocycles. The smallest absolute Gasteiger partial charge is 0.123 e. The lowest BCUT2D eigenvalue weighted by Gasteiger charge is -2.39. The van der Waals surface area contributed by atoms with Gasteiger partial charge in [-0.25, -0.2) is 4.39 Å². The lowest BCUT2D eigenvalue weighted by atomic mass is 9.90. The van der Waals surface area contributed by atoms with Crippen LogP contribution in [0.3, 0.4) is 0 Å². The fourth-order valence-corrected chi connectivity index (χ4v) is 2.60. The van der Waals surface area contributed by atoms with E-state index in [1.54, 1.807) is 12.1 Å². The van der Waals surface area contributed by atoms with E-state index >= 15 is 0 Å². The molecule has 1 unspecified atom stereocenters. The van der Waals surface area contributed by atoms with Gasteiger partial charge >= 0.3 is 0 Å². The predicted octanol–water partition coefficient (Wildman–Crippen LogP) is 2.60. The summed E-state index contributed by atoms with van der Waals surface area (Å²) in [7, 11) is 0. The van der Waals surface area contributed by atoms with Gasteiger partial charge in [-0.1, -0.05) is 12.1 Å². The Hall–Kier alpha value is -0.930. The Balaban J connectivity index is 2.01. The fourth-order valence-electron chi connectivity index (χ4n) is 2.60. The van der Waals surface area contributed by atoms with Crippen LogP contribution in [-0.2, 0) is 6.42 Å². The topological polar surface area (TPSA) is 23.5 Å². The Labute approximate surface area is 108 Å². The molecule has 0 aromatic heterocycles. The maximum Gasteiger partial charge on any atom is 0.123 e. The van der Waals surface area contributed by atoms with Crippen LogP contribution in [0.2, 0.25) is 0 Å². The summed E-state index contributed by atoms with van der Waals surface area (Å²) >= 11 is 0. The third kappa shape index (κ3) is 2.90. The maximum absolute atomic E-state index is 12.8. The number of aliphatic hydroxyl groups is 1. The molecule has 2 rings (SSSR count). The van der Waals surface area contributed by atoms with E-state index in [0.717, 1.165) is 18.7 Å². The Kier molecular flexibility index (Phi) is 4.03. The zero-order valence-corrected chi connectivity index (χ0v) is 11.2. The van der Waals surface area contributed by atoms with E-state index in [2.05, 4.69) is 18.7 Å². The number of aliphatic hydroxyl groups excluding tert-OH is 1. The van der Waals surface area contributed by atoms with Crippen LogP contribution in [0.15, 0.2) is 24.3 Å². The van der Waals surface area contributed by atoms with Crippen molar-refractivity contribution in [2.75, 3.05) is 13.1 Å². The molecule has 1 aliphatic heterocycles. The number of hydrogen-bond donors (Lipinski definition) is 1. The number of halogens is 1. The average Bonchev–Trinajstić information content (AvgIpc) is 2.86. The molecular formula is C15H22FNO. The Morgan fingerprint density at radius 2 is 1.78 bits per heavy atom. The second-order valence-corrected chi connectivity index (χ2v) is 5.69. The molecule has 0 saturated carbocycles. The molecule has 1 aromatic rings. The van der Waals surface area contributed by atoms with Gasteiger partial charge in [0.2, 0.25) is 0 Å². The van der Waals surface area contributed by atoms with Gasteiger partial charge in [-0.3, -0.25) is 4.90 Å². The molecule has 1 N–H and O–H groups in total. The minimum absolute atomic E-state index is 0.217. The van der Waals surface area contributed by atoms with Crippen molar-refractivity contribution in [3.05, 3.63) is 35.6 Å². The second-order valence-electron chi connectivity index (χ2n) is 5.69. The van der Waals surface area contributed by atoms with Gasteiger partial charge in [-0.2, -0.15) is 0 Å². The summed E-state index contributed by atoms with van der Waals surface area (Å²) in [4.78, 5) is 2.35. The van der Waals surface area contributed by atoms with Crippen LogP contribution in [0, 0.1) is 5.82 Å². The van der Waals surface area contributed by atoms with E-state index in [9.17, 15) is 9.50 Å². The van der Waals surface area contributed by atoms with Crippen LogP contribution in [0.4, 0.5) is 4.39 Å². The molecule has 2 nitrogen and oxygen atoms in total. The average molecular weight is 251 g/mol. The zero-order chi connectivity index (χ0) is 13.2. The van der Waals surface area contributed by atoms with Crippen molar-refractivity contribution >= 4 is 0 Å². The van der Waals surface area contributed by atoms with Crippen molar-refractivity contribution in [2.45, 2.75) is 44.8 Å². The van der Waals surface area contributed by atoms with Crippen LogP contribution in [0.25, 0.3) is 0 Å². The van der Waals surface area contributed by atoms with Gasteiger partial charge in [0.05, 0.1) is 6.10 Å². The first-order chi connectivity index (χ1) is 8.50. The Morgan fingerprint density at radius 3 is 2.33 bits per heavy atom. The van der Waals surface area contributed by atoms with Gasteiger partial charge in [-0.15, -0.1) is 0 Å². The van der Waals surface area contributed by atoms with Crippen LogP contribution >= 0.6 is 0 Å². The first-order valence-corrected chi connectivity index (χ1v) is 6.68. The summed E-state index contributed by atoms with van der Waals surface area (Å²) in [5, 5.41) is 10.4. The number of likely N-dealkylation sites (tertiary alicyclic amines) is 1. The van der Waals surface area contributed by atoms with Gasteiger partial charge < -0.3 is 5.11 Å². The largest absolute Gasteiger partial charge is 0.391 e. The van der Waals surface area contributed by atoms with Crippen molar-refractivity contribution < 1.29 is 9.50 Å². The summed E-state index contributed by atoms with van der Waals surface area (Å²) in [5.74, 6) is -0.230. The maximum atomic E-state index is 12.8. The van der Waals surface area contributed by atoms with Crippen molar-refractivity contribution in [1.29, 1.82) is 0 Å². The van der Waals surface area contributed by atoms with E-state index in [1.165, 1.54) is 25.0 Å². The summed E-state index contributed by atoms with van der Waals surface area (Å²) in [6, 6.07) is 6.40. The van der Waals surface area contributed by atoms with E-state index in [1.807, 2.05) is 0 Å². The third-order valence-corrected chi connectivity index (χ3v) is 4.08. The molecule has 0 amide bonds. The van der Waals surface area contributed by atoms with Crippen molar-refractivity contribution in [3.8, 4) is 0 Å². The highest BCUT2D eigenvalue weighted by Crippen LogP contribution is 2.26. The van der Waals surface area contributed by atoms with E-state index in [-0.39, 0.29) is 11.4 Å². The summed E-state index contributed by atoms with van der Waals surface area (Å²) in [5.41, 5.74) is 0.765. The van der Waals surface area contributed by atoms with E-state index in [4.69, 9.17) is 0 Å². The van der Waals surface area contributed by atoms with E-state index < -0.39 is 6.10 Å². The Morgan fingerprint density at radius 1 is 1.22 bits per heavy atom. The van der Waals surface area contributed by atoms with Gasteiger partial charge in [-0.05, 0) is 57.5 Å². The number of benzene rings is 1. The van der Waals surface area contributed by atoms with Gasteiger partial charge in [0, 0.05) is 12.0 Å². The third-order valence-electron chi connectivity index (χ3n) is 4.08. The number of hydrogen-bond acceptors (Lipinski definition) is 2. The molecule has 1 aromatic carbocycles. The van der Waals surface area contributed by atoms with Crippen LogP contribution < -0.4 is 0 Å². The normalized spacial score (nSPS) is 19.1. The Bertz CT molecular complexity index is 382. The van der Waals surface area contributed by atoms with Crippen LogP contribution in [0.1, 0.15) is 32.3 Å². The van der Waals surface area contributed by atoms with Crippen molar-refractivity contribution in [3.63, 3.8) is 0 Å². The van der Waals surface area contributed by atoms with Crippen molar-refractivity contribution in [1.82, 2.24) is 4.90 Å². The molecule has 18 heavy (non-hydrogen) atoms. The monoisotopic (exact) mass is 251 g/mol. The number of rotatable bonds is 4. The molecular weight excluding hydrogens is 229 g/mol. The standard InChI is InChI=1S/C15H22FNO/c1-15(2,17-9-3-4-10-17)14(18)11-12-5-7-13(16)8-6-12/h5-8,14,18H,3-4,9-11H2,1-2H3. The highest BCUT2D eigenvalue weighted by molar-refractivity contribution is 5.17. The predicted molar refractivity (Wildman–Crippen MR) is 71.0 cm³/mol. The molecule has 1 aliphatic rings. The molecule has 1 heterocycles. The quantitative estimate of drug-likeness (QED) is 0.889. The van der Waals surface area contributed by atoms with E-state index in [0.29, 0.717) is 6.42 Å².